The maximum atomic E-state index is 12.4. The SMILES string of the molecule is COc1ccc(C(=O)N2CC(C)OC(CBr)C2)cc1. The van der Waals surface area contributed by atoms with Crippen LogP contribution < -0.4 is 4.74 Å². The smallest absolute Gasteiger partial charge is 0.254 e. The topological polar surface area (TPSA) is 38.8 Å². The first-order valence-electron chi connectivity index (χ1n) is 6.28. The number of hydrogen-bond donors (Lipinski definition) is 0. The van der Waals surface area contributed by atoms with Gasteiger partial charge in [-0.2, -0.15) is 0 Å². The van der Waals surface area contributed by atoms with Gasteiger partial charge in [-0.1, -0.05) is 15.9 Å². The predicted octanol–water partition coefficient (Wildman–Crippen LogP) is 2.32. The number of carbonyl (C=O) groups excluding carboxylic acids is 1. The Hall–Kier alpha value is -1.07. The molecule has 2 rings (SSSR count). The van der Waals surface area contributed by atoms with Crippen molar-refractivity contribution in [2.45, 2.75) is 19.1 Å². The molecule has 1 heterocycles. The minimum atomic E-state index is 0.0451. The van der Waals surface area contributed by atoms with E-state index in [-0.39, 0.29) is 18.1 Å². The summed E-state index contributed by atoms with van der Waals surface area (Å²) < 4.78 is 10.8. The number of morpholine rings is 1. The maximum absolute atomic E-state index is 12.4. The van der Waals surface area contributed by atoms with Gasteiger partial charge in [-0.25, -0.2) is 0 Å². The number of carbonyl (C=O) groups is 1. The molecule has 1 amide bonds. The summed E-state index contributed by atoms with van der Waals surface area (Å²) in [6.07, 6.45) is 0.129. The number of ether oxygens (including phenoxy) is 2. The normalized spacial score (nSPS) is 23.2. The van der Waals surface area contributed by atoms with Gasteiger partial charge in [0.2, 0.25) is 0 Å². The number of halogens is 1. The highest BCUT2D eigenvalue weighted by Gasteiger charge is 2.28. The van der Waals surface area contributed by atoms with Gasteiger partial charge < -0.3 is 14.4 Å². The molecule has 1 aliphatic heterocycles. The maximum Gasteiger partial charge on any atom is 0.254 e. The Labute approximate surface area is 121 Å². The van der Waals surface area contributed by atoms with E-state index in [1.807, 2.05) is 11.8 Å². The molecular formula is C14H18BrNO3. The lowest BCUT2D eigenvalue weighted by Gasteiger charge is -2.36. The Kier molecular flexibility index (Phi) is 4.82. The highest BCUT2D eigenvalue weighted by molar-refractivity contribution is 9.09. The van der Waals surface area contributed by atoms with Crippen molar-refractivity contribution in [3.05, 3.63) is 29.8 Å². The van der Waals surface area contributed by atoms with E-state index >= 15 is 0 Å². The molecule has 2 unspecified atom stereocenters. The van der Waals surface area contributed by atoms with Crippen LogP contribution in [-0.2, 0) is 4.74 Å². The summed E-state index contributed by atoms with van der Waals surface area (Å²) in [5, 5.41) is 0.740. The highest BCUT2D eigenvalue weighted by atomic mass is 79.9. The standard InChI is InChI=1S/C14H18BrNO3/c1-10-8-16(9-13(7-15)19-10)14(17)11-3-5-12(18-2)6-4-11/h3-6,10,13H,7-9H2,1-2H3. The summed E-state index contributed by atoms with van der Waals surface area (Å²) in [6.45, 7) is 3.25. The highest BCUT2D eigenvalue weighted by Crippen LogP contribution is 2.17. The monoisotopic (exact) mass is 327 g/mol. The second-order valence-electron chi connectivity index (χ2n) is 4.66. The molecule has 1 aromatic rings. The van der Waals surface area contributed by atoms with Gasteiger partial charge in [-0.05, 0) is 31.2 Å². The molecule has 1 aromatic carbocycles. The zero-order valence-electron chi connectivity index (χ0n) is 11.1. The zero-order chi connectivity index (χ0) is 13.8. The van der Waals surface area contributed by atoms with Crippen LogP contribution in [0.4, 0.5) is 0 Å². The van der Waals surface area contributed by atoms with Crippen LogP contribution in [0.5, 0.6) is 5.75 Å². The molecule has 2 atom stereocenters. The van der Waals surface area contributed by atoms with Crippen molar-refractivity contribution in [2.24, 2.45) is 0 Å². The van der Waals surface area contributed by atoms with Gasteiger partial charge in [0.25, 0.3) is 5.91 Å². The summed E-state index contributed by atoms with van der Waals surface area (Å²) in [6, 6.07) is 7.20. The van der Waals surface area contributed by atoms with Gasteiger partial charge in [0.1, 0.15) is 5.75 Å². The number of amides is 1. The number of hydrogen-bond acceptors (Lipinski definition) is 3. The molecular weight excluding hydrogens is 310 g/mol. The number of rotatable bonds is 3. The van der Waals surface area contributed by atoms with Crippen molar-refractivity contribution in [3.8, 4) is 5.75 Å². The van der Waals surface area contributed by atoms with Crippen molar-refractivity contribution in [3.63, 3.8) is 0 Å². The van der Waals surface area contributed by atoms with Gasteiger partial charge in [0.05, 0.1) is 19.3 Å². The Morgan fingerprint density at radius 3 is 2.68 bits per heavy atom. The molecule has 0 radical (unpaired) electrons. The summed E-state index contributed by atoms with van der Waals surface area (Å²) >= 11 is 3.41. The van der Waals surface area contributed by atoms with E-state index in [0.717, 1.165) is 11.1 Å². The Morgan fingerprint density at radius 1 is 1.42 bits per heavy atom. The predicted molar refractivity (Wildman–Crippen MR) is 77.0 cm³/mol. The third kappa shape index (κ3) is 3.48. The van der Waals surface area contributed by atoms with Crippen LogP contribution in [0.15, 0.2) is 24.3 Å². The van der Waals surface area contributed by atoms with Gasteiger partial charge in [0, 0.05) is 24.0 Å². The van der Waals surface area contributed by atoms with Crippen LogP contribution >= 0.6 is 15.9 Å². The molecule has 5 heteroatoms. The Balaban J connectivity index is 2.09. The molecule has 0 spiro atoms. The number of benzene rings is 1. The average Bonchev–Trinajstić information content (AvgIpc) is 2.46. The van der Waals surface area contributed by atoms with Crippen molar-refractivity contribution in [1.82, 2.24) is 4.90 Å². The van der Waals surface area contributed by atoms with Crippen molar-refractivity contribution >= 4 is 21.8 Å². The summed E-state index contributed by atoms with van der Waals surface area (Å²) in [5.41, 5.74) is 0.684. The second kappa shape index (κ2) is 6.39. The van der Waals surface area contributed by atoms with Crippen molar-refractivity contribution < 1.29 is 14.3 Å². The first kappa shape index (κ1) is 14.3. The lowest BCUT2D eigenvalue weighted by molar-refractivity contribution is -0.0559. The zero-order valence-corrected chi connectivity index (χ0v) is 12.7. The molecule has 19 heavy (non-hydrogen) atoms. The molecule has 0 aromatic heterocycles. The van der Waals surface area contributed by atoms with Crippen LogP contribution in [0, 0.1) is 0 Å². The fourth-order valence-corrected chi connectivity index (χ4v) is 2.57. The molecule has 4 nitrogen and oxygen atoms in total. The van der Waals surface area contributed by atoms with E-state index in [2.05, 4.69) is 15.9 Å². The van der Waals surface area contributed by atoms with Gasteiger partial charge in [0.15, 0.2) is 0 Å². The Morgan fingerprint density at radius 2 is 2.11 bits per heavy atom. The summed E-state index contributed by atoms with van der Waals surface area (Å²) in [5.74, 6) is 0.800. The van der Waals surface area contributed by atoms with Crippen LogP contribution in [0.1, 0.15) is 17.3 Å². The third-order valence-corrected chi connectivity index (χ3v) is 3.84. The number of nitrogens with zero attached hydrogens (tertiary/aromatic N) is 1. The lowest BCUT2D eigenvalue weighted by atomic mass is 10.1. The van der Waals surface area contributed by atoms with E-state index in [1.54, 1.807) is 31.4 Å². The fourth-order valence-electron chi connectivity index (χ4n) is 2.21. The van der Waals surface area contributed by atoms with Crippen LogP contribution in [0.2, 0.25) is 0 Å². The van der Waals surface area contributed by atoms with E-state index in [1.165, 1.54) is 0 Å². The van der Waals surface area contributed by atoms with E-state index in [0.29, 0.717) is 18.7 Å². The van der Waals surface area contributed by atoms with E-state index < -0.39 is 0 Å². The lowest BCUT2D eigenvalue weighted by Crippen LogP contribution is -2.49. The Bertz CT molecular complexity index is 435. The summed E-state index contributed by atoms with van der Waals surface area (Å²) in [4.78, 5) is 14.3. The molecule has 0 saturated carbocycles. The summed E-state index contributed by atoms with van der Waals surface area (Å²) in [7, 11) is 1.61. The van der Waals surface area contributed by atoms with Crippen LogP contribution in [0.25, 0.3) is 0 Å². The number of methoxy groups -OCH3 is 1. The van der Waals surface area contributed by atoms with Crippen molar-refractivity contribution in [2.75, 3.05) is 25.5 Å². The molecule has 1 saturated heterocycles. The molecule has 1 fully saturated rings. The molecule has 1 aliphatic rings. The molecule has 104 valence electrons. The molecule has 0 N–H and O–H groups in total. The van der Waals surface area contributed by atoms with E-state index in [4.69, 9.17) is 9.47 Å². The van der Waals surface area contributed by atoms with Crippen molar-refractivity contribution in [1.29, 1.82) is 0 Å². The largest absolute Gasteiger partial charge is 0.497 e. The van der Waals surface area contributed by atoms with Gasteiger partial charge >= 0.3 is 0 Å². The average molecular weight is 328 g/mol. The molecule has 0 aliphatic carbocycles. The number of alkyl halides is 1. The fraction of sp³-hybridized carbons (Fsp3) is 0.500. The molecule has 0 bridgehead atoms. The third-order valence-electron chi connectivity index (χ3n) is 3.12. The second-order valence-corrected chi connectivity index (χ2v) is 5.31. The quantitative estimate of drug-likeness (QED) is 0.800. The van der Waals surface area contributed by atoms with Crippen LogP contribution in [-0.4, -0.2) is 48.5 Å². The first-order chi connectivity index (χ1) is 9.13. The van der Waals surface area contributed by atoms with Crippen LogP contribution in [0.3, 0.4) is 0 Å². The van der Waals surface area contributed by atoms with Gasteiger partial charge in [-0.3, -0.25) is 4.79 Å². The minimum absolute atomic E-state index is 0.0451. The first-order valence-corrected chi connectivity index (χ1v) is 7.41. The van der Waals surface area contributed by atoms with Gasteiger partial charge in [-0.15, -0.1) is 0 Å². The minimum Gasteiger partial charge on any atom is -0.497 e. The van der Waals surface area contributed by atoms with E-state index in [9.17, 15) is 4.79 Å².